The number of hydrogen-bond donors (Lipinski definition) is 1. The molecule has 8 heteroatoms. The molecule has 1 fully saturated rings. The molecule has 0 aromatic rings. The molecular formula is C18H34N4O4. The van der Waals surface area contributed by atoms with E-state index in [0.717, 1.165) is 25.8 Å². The van der Waals surface area contributed by atoms with Gasteiger partial charge in [-0.2, -0.15) is 0 Å². The number of likely N-dealkylation sites (tertiary alicyclic amines) is 1. The molecular weight excluding hydrogens is 336 g/mol. The molecule has 26 heavy (non-hydrogen) atoms. The van der Waals surface area contributed by atoms with Crippen molar-refractivity contribution in [3.63, 3.8) is 0 Å². The Morgan fingerprint density at radius 2 is 1.77 bits per heavy atom. The lowest BCUT2D eigenvalue weighted by Gasteiger charge is -2.31. The minimum absolute atomic E-state index is 0.000647. The third kappa shape index (κ3) is 8.51. The summed E-state index contributed by atoms with van der Waals surface area (Å²) in [5.41, 5.74) is 0. The lowest BCUT2D eigenvalue weighted by molar-refractivity contribution is -0.130. The third-order valence-electron chi connectivity index (χ3n) is 4.47. The van der Waals surface area contributed by atoms with Crippen LogP contribution in [0.4, 0.5) is 4.79 Å². The highest BCUT2D eigenvalue weighted by molar-refractivity contribution is 5.78. The molecule has 0 atom stereocenters. The standard InChI is InChI=1S/C18H34N4O4/c1-5-26-18(25)22-12-7-16(8-13-22)19-17(24)9-14-21(15(2)23)11-6-10-20(3)4/h16H,5-14H2,1-4H3,(H,19,24). The maximum atomic E-state index is 12.2. The van der Waals surface area contributed by atoms with Gasteiger partial charge >= 0.3 is 6.09 Å². The lowest BCUT2D eigenvalue weighted by Crippen LogP contribution is -2.47. The molecule has 0 spiro atoms. The van der Waals surface area contributed by atoms with E-state index < -0.39 is 0 Å². The number of piperidine rings is 1. The first-order valence-corrected chi connectivity index (χ1v) is 9.44. The van der Waals surface area contributed by atoms with E-state index in [4.69, 9.17) is 4.74 Å². The molecule has 1 saturated heterocycles. The fraction of sp³-hybridized carbons (Fsp3) is 0.833. The van der Waals surface area contributed by atoms with Crippen LogP contribution in [0.2, 0.25) is 0 Å². The molecule has 0 saturated carbocycles. The first-order chi connectivity index (χ1) is 12.3. The summed E-state index contributed by atoms with van der Waals surface area (Å²) in [6.45, 7) is 6.90. The number of carbonyl (C=O) groups excluding carboxylic acids is 3. The summed E-state index contributed by atoms with van der Waals surface area (Å²) in [6.07, 6.45) is 2.36. The van der Waals surface area contributed by atoms with Crippen LogP contribution in [0.5, 0.6) is 0 Å². The number of nitrogens with one attached hydrogen (secondary N) is 1. The van der Waals surface area contributed by atoms with E-state index >= 15 is 0 Å². The number of amides is 3. The Balaban J connectivity index is 2.28. The number of ether oxygens (including phenoxy) is 1. The van der Waals surface area contributed by atoms with Gasteiger partial charge in [-0.25, -0.2) is 4.79 Å². The van der Waals surface area contributed by atoms with Crippen LogP contribution in [-0.2, 0) is 14.3 Å². The quantitative estimate of drug-likeness (QED) is 0.652. The van der Waals surface area contributed by atoms with E-state index in [-0.39, 0.29) is 23.9 Å². The maximum absolute atomic E-state index is 12.2. The van der Waals surface area contributed by atoms with Gasteiger partial charge in [-0.05, 0) is 46.8 Å². The third-order valence-corrected chi connectivity index (χ3v) is 4.47. The zero-order valence-corrected chi connectivity index (χ0v) is 16.6. The van der Waals surface area contributed by atoms with Crippen molar-refractivity contribution in [2.24, 2.45) is 0 Å². The predicted octanol–water partition coefficient (Wildman–Crippen LogP) is 0.914. The number of carbonyl (C=O) groups is 3. The normalized spacial score (nSPS) is 15.0. The number of rotatable bonds is 9. The van der Waals surface area contributed by atoms with Crippen LogP contribution < -0.4 is 5.32 Å². The Kier molecular flexibility index (Phi) is 10.0. The van der Waals surface area contributed by atoms with E-state index in [1.54, 1.807) is 23.6 Å². The summed E-state index contributed by atoms with van der Waals surface area (Å²) >= 11 is 0. The van der Waals surface area contributed by atoms with Crippen molar-refractivity contribution in [2.75, 3.05) is 53.4 Å². The fourth-order valence-corrected chi connectivity index (χ4v) is 2.96. The minimum atomic E-state index is -0.285. The molecule has 0 aromatic carbocycles. The van der Waals surface area contributed by atoms with Crippen LogP contribution in [0.1, 0.15) is 39.5 Å². The summed E-state index contributed by atoms with van der Waals surface area (Å²) in [5.74, 6) is -0.0438. The zero-order valence-electron chi connectivity index (χ0n) is 16.6. The van der Waals surface area contributed by atoms with Gasteiger partial charge in [0.05, 0.1) is 6.61 Å². The molecule has 1 aliphatic rings. The van der Waals surface area contributed by atoms with Gasteiger partial charge in [0.15, 0.2) is 0 Å². The molecule has 1 heterocycles. The van der Waals surface area contributed by atoms with Crippen LogP contribution >= 0.6 is 0 Å². The van der Waals surface area contributed by atoms with E-state index in [0.29, 0.717) is 39.2 Å². The molecule has 0 aromatic heterocycles. The van der Waals surface area contributed by atoms with Crippen LogP contribution in [0.15, 0.2) is 0 Å². The molecule has 1 N–H and O–H groups in total. The summed E-state index contributed by atoms with van der Waals surface area (Å²) < 4.78 is 4.99. The zero-order chi connectivity index (χ0) is 19.5. The van der Waals surface area contributed by atoms with E-state index in [2.05, 4.69) is 10.2 Å². The van der Waals surface area contributed by atoms with Gasteiger partial charge < -0.3 is 24.8 Å². The summed E-state index contributed by atoms with van der Waals surface area (Å²) in [5, 5.41) is 3.02. The van der Waals surface area contributed by atoms with Gasteiger partial charge in [0, 0.05) is 45.6 Å². The Bertz CT molecular complexity index is 462. The number of nitrogens with zero attached hydrogens (tertiary/aromatic N) is 3. The fourth-order valence-electron chi connectivity index (χ4n) is 2.96. The Hall–Kier alpha value is -1.83. The van der Waals surface area contributed by atoms with Crippen molar-refractivity contribution in [2.45, 2.75) is 45.6 Å². The molecule has 0 unspecified atom stereocenters. The van der Waals surface area contributed by atoms with Gasteiger partial charge in [0.1, 0.15) is 0 Å². The summed E-state index contributed by atoms with van der Waals surface area (Å²) in [6, 6.07) is 0.0766. The van der Waals surface area contributed by atoms with Gasteiger partial charge in [-0.1, -0.05) is 0 Å². The van der Waals surface area contributed by atoms with E-state index in [1.165, 1.54) is 0 Å². The highest BCUT2D eigenvalue weighted by Gasteiger charge is 2.24. The molecule has 3 amide bonds. The van der Waals surface area contributed by atoms with Crippen molar-refractivity contribution in [3.8, 4) is 0 Å². The molecule has 1 aliphatic heterocycles. The summed E-state index contributed by atoms with van der Waals surface area (Å²) in [7, 11) is 4.00. The molecule has 0 bridgehead atoms. The monoisotopic (exact) mass is 370 g/mol. The largest absolute Gasteiger partial charge is 0.450 e. The van der Waals surface area contributed by atoms with Crippen LogP contribution in [-0.4, -0.2) is 92.1 Å². The van der Waals surface area contributed by atoms with Crippen molar-refractivity contribution in [1.82, 2.24) is 20.0 Å². The maximum Gasteiger partial charge on any atom is 0.409 e. The second-order valence-electron chi connectivity index (χ2n) is 6.94. The van der Waals surface area contributed by atoms with Crippen LogP contribution in [0, 0.1) is 0 Å². The topological polar surface area (TPSA) is 82.2 Å². The smallest absolute Gasteiger partial charge is 0.409 e. The minimum Gasteiger partial charge on any atom is -0.450 e. The van der Waals surface area contributed by atoms with Crippen molar-refractivity contribution < 1.29 is 19.1 Å². The van der Waals surface area contributed by atoms with Gasteiger partial charge in [0.2, 0.25) is 11.8 Å². The molecule has 0 radical (unpaired) electrons. The second kappa shape index (κ2) is 11.7. The highest BCUT2D eigenvalue weighted by atomic mass is 16.6. The van der Waals surface area contributed by atoms with Gasteiger partial charge in [-0.15, -0.1) is 0 Å². The van der Waals surface area contributed by atoms with Crippen LogP contribution in [0.3, 0.4) is 0 Å². The second-order valence-corrected chi connectivity index (χ2v) is 6.94. The van der Waals surface area contributed by atoms with Crippen LogP contribution in [0.25, 0.3) is 0 Å². The molecule has 8 nitrogen and oxygen atoms in total. The molecule has 150 valence electrons. The Labute approximate surface area is 156 Å². The average molecular weight is 370 g/mol. The molecule has 0 aliphatic carbocycles. The lowest BCUT2D eigenvalue weighted by atomic mass is 10.1. The predicted molar refractivity (Wildman–Crippen MR) is 99.8 cm³/mol. The molecule has 1 rings (SSSR count). The first-order valence-electron chi connectivity index (χ1n) is 9.44. The SMILES string of the molecule is CCOC(=O)N1CCC(NC(=O)CCN(CCCN(C)C)C(C)=O)CC1. The highest BCUT2D eigenvalue weighted by Crippen LogP contribution is 2.11. The van der Waals surface area contributed by atoms with Gasteiger partial charge in [-0.3, -0.25) is 9.59 Å². The Morgan fingerprint density at radius 3 is 2.31 bits per heavy atom. The van der Waals surface area contributed by atoms with Gasteiger partial charge in [0.25, 0.3) is 0 Å². The van der Waals surface area contributed by atoms with E-state index in [9.17, 15) is 14.4 Å². The van der Waals surface area contributed by atoms with E-state index in [1.807, 2.05) is 14.1 Å². The van der Waals surface area contributed by atoms with Crippen molar-refractivity contribution in [1.29, 1.82) is 0 Å². The van der Waals surface area contributed by atoms with Crippen molar-refractivity contribution in [3.05, 3.63) is 0 Å². The Morgan fingerprint density at radius 1 is 1.12 bits per heavy atom. The summed E-state index contributed by atoms with van der Waals surface area (Å²) in [4.78, 5) is 41.0. The first kappa shape index (κ1) is 22.2. The average Bonchev–Trinajstić information content (AvgIpc) is 2.58. The number of hydrogen-bond acceptors (Lipinski definition) is 5. The van der Waals surface area contributed by atoms with Crippen molar-refractivity contribution >= 4 is 17.9 Å².